The monoisotopic (exact) mass is 317 g/mol. The Bertz CT molecular complexity index is 736. The van der Waals surface area contributed by atoms with Crippen molar-refractivity contribution in [2.75, 3.05) is 0 Å². The van der Waals surface area contributed by atoms with E-state index in [9.17, 15) is 5.11 Å². The lowest BCUT2D eigenvalue weighted by Crippen LogP contribution is -1.99. The number of hydrogen-bond donors (Lipinski definition) is 1. The zero-order valence-corrected chi connectivity index (χ0v) is 11.9. The molecule has 1 atom stereocenters. The Kier molecular flexibility index (Phi) is 3.12. The summed E-state index contributed by atoms with van der Waals surface area (Å²) in [5.74, 6) is 0.513. The molecule has 0 saturated carbocycles. The summed E-state index contributed by atoms with van der Waals surface area (Å²) >= 11 is 3.36. The lowest BCUT2D eigenvalue weighted by Gasteiger charge is -2.10. The Morgan fingerprint density at radius 2 is 2.05 bits per heavy atom. The van der Waals surface area contributed by atoms with Crippen LogP contribution in [0.5, 0.6) is 0 Å². The summed E-state index contributed by atoms with van der Waals surface area (Å²) in [5, 5.41) is 11.3. The Hall–Kier alpha value is -1.65. The largest absolute Gasteiger partial charge is 0.465 e. The number of aliphatic hydroxyl groups excluding tert-OH is 1. The fourth-order valence-corrected chi connectivity index (χ4v) is 2.49. The zero-order valence-electron chi connectivity index (χ0n) is 10.3. The van der Waals surface area contributed by atoms with Crippen LogP contribution in [-0.2, 0) is 0 Å². The van der Waals surface area contributed by atoms with Crippen LogP contribution in [0.3, 0.4) is 0 Å². The maximum absolute atomic E-state index is 10.3. The van der Waals surface area contributed by atoms with Crippen LogP contribution in [0.4, 0.5) is 0 Å². The van der Waals surface area contributed by atoms with E-state index in [1.54, 1.807) is 12.3 Å². The van der Waals surface area contributed by atoms with Gasteiger partial charge in [0.15, 0.2) is 5.76 Å². The normalized spacial score (nSPS) is 12.8. The van der Waals surface area contributed by atoms with Crippen LogP contribution in [0.25, 0.3) is 10.9 Å². The smallest absolute Gasteiger partial charge is 0.150 e. The summed E-state index contributed by atoms with van der Waals surface area (Å²) in [6.07, 6.45) is 0.768. The summed E-state index contributed by atoms with van der Waals surface area (Å²) in [4.78, 5) is 4.44. The van der Waals surface area contributed by atoms with Gasteiger partial charge in [0, 0.05) is 11.1 Å². The number of furan rings is 1. The molecule has 0 aliphatic rings. The Morgan fingerprint density at radius 3 is 2.79 bits per heavy atom. The molecule has 2 heterocycles. The molecule has 2 aromatic heterocycles. The summed E-state index contributed by atoms with van der Waals surface area (Å²) in [7, 11) is 0. The number of fused-ring (bicyclic) bond motifs is 1. The third kappa shape index (κ3) is 2.29. The number of hydrogen-bond acceptors (Lipinski definition) is 3. The molecule has 0 bridgehead atoms. The molecule has 0 spiro atoms. The first-order valence-corrected chi connectivity index (χ1v) is 6.73. The maximum atomic E-state index is 10.3. The van der Waals surface area contributed by atoms with E-state index in [0.29, 0.717) is 5.76 Å². The second kappa shape index (κ2) is 4.79. The highest BCUT2D eigenvalue weighted by Gasteiger charge is 2.17. The van der Waals surface area contributed by atoms with Gasteiger partial charge in [0.25, 0.3) is 0 Å². The first-order chi connectivity index (χ1) is 9.15. The van der Waals surface area contributed by atoms with Crippen LogP contribution >= 0.6 is 15.9 Å². The molecule has 0 aliphatic heterocycles. The zero-order chi connectivity index (χ0) is 13.4. The van der Waals surface area contributed by atoms with Crippen molar-refractivity contribution in [1.82, 2.24) is 4.98 Å². The van der Waals surface area contributed by atoms with Gasteiger partial charge in [0.05, 0.1) is 16.3 Å². The minimum Gasteiger partial charge on any atom is -0.465 e. The van der Waals surface area contributed by atoms with Crippen molar-refractivity contribution in [3.8, 4) is 0 Å². The number of aryl methyl sites for hydroxylation is 1. The quantitative estimate of drug-likeness (QED) is 0.777. The molecule has 19 heavy (non-hydrogen) atoms. The maximum Gasteiger partial charge on any atom is 0.150 e. The fourth-order valence-electron chi connectivity index (χ4n) is 2.07. The van der Waals surface area contributed by atoms with Crippen molar-refractivity contribution < 1.29 is 9.52 Å². The third-order valence-corrected chi connectivity index (χ3v) is 3.72. The predicted octanol–water partition coefficient (Wildman–Crippen LogP) is 3.98. The van der Waals surface area contributed by atoms with Crippen LogP contribution in [0.15, 0.2) is 51.6 Å². The van der Waals surface area contributed by atoms with Gasteiger partial charge in [-0.25, -0.2) is 0 Å². The average molecular weight is 318 g/mol. The molecule has 0 saturated heterocycles. The van der Waals surface area contributed by atoms with E-state index >= 15 is 0 Å². The lowest BCUT2D eigenvalue weighted by molar-refractivity contribution is 0.188. The van der Waals surface area contributed by atoms with Crippen molar-refractivity contribution in [2.45, 2.75) is 13.0 Å². The summed E-state index contributed by atoms with van der Waals surface area (Å²) in [6, 6.07) is 11.4. The van der Waals surface area contributed by atoms with Gasteiger partial charge < -0.3 is 9.52 Å². The van der Waals surface area contributed by atoms with Crippen molar-refractivity contribution in [2.24, 2.45) is 0 Å². The molecule has 1 unspecified atom stereocenters. The van der Waals surface area contributed by atoms with Gasteiger partial charge in [-0.2, -0.15) is 0 Å². The molecule has 0 amide bonds. The Labute approximate surface area is 119 Å². The van der Waals surface area contributed by atoms with Crippen LogP contribution in [0.2, 0.25) is 0 Å². The van der Waals surface area contributed by atoms with Crippen molar-refractivity contribution in [3.63, 3.8) is 0 Å². The highest BCUT2D eigenvalue weighted by atomic mass is 79.9. The third-order valence-electron chi connectivity index (χ3n) is 3.06. The van der Waals surface area contributed by atoms with E-state index in [0.717, 1.165) is 26.6 Å². The number of benzene rings is 1. The van der Waals surface area contributed by atoms with E-state index in [1.165, 1.54) is 0 Å². The standard InChI is InChI=1S/C15H12BrNO2/c1-9-2-3-10-8-11(4-5-13(10)17-9)14(18)15-12(16)6-7-19-15/h2-8,14,18H,1H3. The van der Waals surface area contributed by atoms with Crippen LogP contribution in [0, 0.1) is 6.92 Å². The molecule has 0 aliphatic carbocycles. The first kappa shape index (κ1) is 12.4. The molecule has 0 fully saturated rings. The number of rotatable bonds is 2. The molecule has 1 N–H and O–H groups in total. The topological polar surface area (TPSA) is 46.3 Å². The first-order valence-electron chi connectivity index (χ1n) is 5.93. The molecular weight excluding hydrogens is 306 g/mol. The molecular formula is C15H12BrNO2. The highest BCUT2D eigenvalue weighted by Crippen LogP contribution is 2.30. The van der Waals surface area contributed by atoms with E-state index in [4.69, 9.17) is 4.42 Å². The minimum atomic E-state index is -0.782. The second-order valence-electron chi connectivity index (χ2n) is 4.44. The molecule has 3 aromatic rings. The van der Waals surface area contributed by atoms with Gasteiger partial charge in [0.2, 0.25) is 0 Å². The summed E-state index contributed by atoms with van der Waals surface area (Å²) in [6.45, 7) is 1.96. The number of aliphatic hydroxyl groups is 1. The fraction of sp³-hybridized carbons (Fsp3) is 0.133. The van der Waals surface area contributed by atoms with Gasteiger partial charge in [-0.3, -0.25) is 4.98 Å². The van der Waals surface area contributed by atoms with Gasteiger partial charge in [-0.1, -0.05) is 12.1 Å². The number of nitrogens with zero attached hydrogens (tertiary/aromatic N) is 1. The molecule has 4 heteroatoms. The molecule has 1 aromatic carbocycles. The van der Waals surface area contributed by atoms with Crippen molar-refractivity contribution >= 4 is 26.8 Å². The minimum absolute atomic E-state index is 0.513. The lowest BCUT2D eigenvalue weighted by atomic mass is 10.0. The van der Waals surface area contributed by atoms with Crippen LogP contribution in [-0.4, -0.2) is 10.1 Å². The second-order valence-corrected chi connectivity index (χ2v) is 5.29. The van der Waals surface area contributed by atoms with Gasteiger partial charge in [0.1, 0.15) is 6.10 Å². The van der Waals surface area contributed by atoms with E-state index in [-0.39, 0.29) is 0 Å². The number of pyridine rings is 1. The van der Waals surface area contributed by atoms with E-state index in [2.05, 4.69) is 20.9 Å². The molecule has 0 radical (unpaired) electrons. The highest BCUT2D eigenvalue weighted by molar-refractivity contribution is 9.10. The number of aromatic nitrogens is 1. The Morgan fingerprint density at radius 1 is 1.21 bits per heavy atom. The van der Waals surface area contributed by atoms with Gasteiger partial charge in [-0.15, -0.1) is 0 Å². The average Bonchev–Trinajstić information content (AvgIpc) is 2.83. The van der Waals surface area contributed by atoms with E-state index in [1.807, 2.05) is 37.3 Å². The van der Waals surface area contributed by atoms with Crippen LogP contribution in [0.1, 0.15) is 23.1 Å². The number of halogens is 1. The molecule has 3 nitrogen and oxygen atoms in total. The Balaban J connectivity index is 2.06. The predicted molar refractivity (Wildman–Crippen MR) is 76.9 cm³/mol. The molecule has 3 rings (SSSR count). The van der Waals surface area contributed by atoms with Crippen molar-refractivity contribution in [3.05, 3.63) is 64.2 Å². The van der Waals surface area contributed by atoms with Gasteiger partial charge in [-0.05, 0) is 52.7 Å². The van der Waals surface area contributed by atoms with Crippen LogP contribution < -0.4 is 0 Å². The summed E-state index contributed by atoms with van der Waals surface area (Å²) < 4.78 is 6.07. The molecule has 96 valence electrons. The van der Waals surface area contributed by atoms with Gasteiger partial charge >= 0.3 is 0 Å². The SMILES string of the molecule is Cc1ccc2cc(C(O)c3occc3Br)ccc2n1. The van der Waals surface area contributed by atoms with E-state index < -0.39 is 6.10 Å². The summed E-state index contributed by atoms with van der Waals surface area (Å²) in [5.41, 5.74) is 2.69. The van der Waals surface area contributed by atoms with Crippen molar-refractivity contribution in [1.29, 1.82) is 0 Å².